The lowest BCUT2D eigenvalue weighted by molar-refractivity contribution is 0.0692. The van der Waals surface area contributed by atoms with Crippen LogP contribution in [0.15, 0.2) is 11.2 Å². The van der Waals surface area contributed by atoms with Crippen LogP contribution in [0.4, 0.5) is 0 Å². The van der Waals surface area contributed by atoms with Gasteiger partial charge < -0.3 is 9.84 Å². The number of methoxy groups -OCH3 is 1. The summed E-state index contributed by atoms with van der Waals surface area (Å²) in [7, 11) is -2.49. The minimum absolute atomic E-state index is 0.145. The molecule has 0 saturated heterocycles. The van der Waals surface area contributed by atoms with Gasteiger partial charge >= 0.3 is 5.97 Å². The minimum Gasteiger partial charge on any atom is -0.478 e. The van der Waals surface area contributed by atoms with Gasteiger partial charge in [-0.25, -0.2) is 13.2 Å². The van der Waals surface area contributed by atoms with E-state index in [9.17, 15) is 13.2 Å². The van der Waals surface area contributed by atoms with Crippen molar-refractivity contribution >= 4 is 16.0 Å². The third kappa shape index (κ3) is 3.35. The van der Waals surface area contributed by atoms with Crippen molar-refractivity contribution in [2.24, 2.45) is 0 Å². The first-order chi connectivity index (χ1) is 9.36. The van der Waals surface area contributed by atoms with Gasteiger partial charge in [-0.3, -0.25) is 5.10 Å². The van der Waals surface area contributed by atoms with Crippen LogP contribution in [-0.2, 0) is 14.8 Å². The summed E-state index contributed by atoms with van der Waals surface area (Å²) in [5, 5.41) is 14.4. The van der Waals surface area contributed by atoms with Gasteiger partial charge in [-0.1, -0.05) is 6.92 Å². The lowest BCUT2D eigenvalue weighted by Crippen LogP contribution is -2.41. The molecule has 0 spiro atoms. The molecule has 0 aromatic carbocycles. The van der Waals surface area contributed by atoms with Gasteiger partial charge in [0.2, 0.25) is 0 Å². The van der Waals surface area contributed by atoms with Crippen molar-refractivity contribution in [3.8, 4) is 0 Å². The molecule has 0 saturated carbocycles. The van der Waals surface area contributed by atoms with E-state index >= 15 is 0 Å². The zero-order valence-electron chi connectivity index (χ0n) is 11.7. The quantitative estimate of drug-likeness (QED) is 0.725. The predicted molar refractivity (Wildman–Crippen MR) is 71.1 cm³/mol. The lowest BCUT2D eigenvalue weighted by Gasteiger charge is -2.26. The standard InChI is InChI=1S/C11H19N3O5S/c1-4-8(2)14(5-6-19-3)20(17,18)10-9(11(15)16)7-12-13-10/h7-8H,4-6H2,1-3H3,(H,12,13)(H,15,16). The summed E-state index contributed by atoms with van der Waals surface area (Å²) in [5.41, 5.74) is -0.365. The van der Waals surface area contributed by atoms with Crippen LogP contribution in [0.1, 0.15) is 30.6 Å². The van der Waals surface area contributed by atoms with E-state index in [2.05, 4.69) is 10.2 Å². The molecule has 1 atom stereocenters. The number of nitrogens with zero attached hydrogens (tertiary/aromatic N) is 2. The Morgan fingerprint density at radius 3 is 2.75 bits per heavy atom. The molecule has 0 amide bonds. The molecule has 1 aromatic heterocycles. The molecular formula is C11H19N3O5S. The highest BCUT2D eigenvalue weighted by Gasteiger charge is 2.33. The highest BCUT2D eigenvalue weighted by atomic mass is 32.2. The van der Waals surface area contributed by atoms with E-state index in [0.717, 1.165) is 6.20 Å². The van der Waals surface area contributed by atoms with Gasteiger partial charge in [0.05, 0.1) is 12.8 Å². The van der Waals surface area contributed by atoms with Gasteiger partial charge in [0.15, 0.2) is 5.03 Å². The Hall–Kier alpha value is -1.45. The highest BCUT2D eigenvalue weighted by molar-refractivity contribution is 7.89. The fourth-order valence-electron chi connectivity index (χ4n) is 1.70. The smallest absolute Gasteiger partial charge is 0.340 e. The number of hydrogen-bond acceptors (Lipinski definition) is 5. The van der Waals surface area contributed by atoms with Crippen molar-refractivity contribution in [2.75, 3.05) is 20.3 Å². The largest absolute Gasteiger partial charge is 0.478 e. The molecule has 0 aliphatic carbocycles. The number of rotatable bonds is 8. The van der Waals surface area contributed by atoms with Crippen LogP contribution in [0, 0.1) is 0 Å². The number of aromatic amines is 1. The molecule has 0 aliphatic heterocycles. The summed E-state index contributed by atoms with van der Waals surface area (Å²) in [5.74, 6) is -1.34. The maximum absolute atomic E-state index is 12.6. The van der Waals surface area contributed by atoms with Gasteiger partial charge in [-0.05, 0) is 13.3 Å². The highest BCUT2D eigenvalue weighted by Crippen LogP contribution is 2.20. The number of ether oxygens (including phenoxy) is 1. The Morgan fingerprint density at radius 1 is 1.60 bits per heavy atom. The Labute approximate surface area is 117 Å². The van der Waals surface area contributed by atoms with Gasteiger partial charge in [0, 0.05) is 19.7 Å². The van der Waals surface area contributed by atoms with Gasteiger partial charge in [-0.15, -0.1) is 0 Å². The molecule has 9 heteroatoms. The summed E-state index contributed by atoms with van der Waals surface area (Å²) in [6.07, 6.45) is 1.58. The van der Waals surface area contributed by atoms with Crippen molar-refractivity contribution in [1.29, 1.82) is 0 Å². The van der Waals surface area contributed by atoms with E-state index in [1.165, 1.54) is 11.4 Å². The summed E-state index contributed by atoms with van der Waals surface area (Å²) in [6, 6.07) is -0.278. The number of nitrogens with one attached hydrogen (secondary N) is 1. The Bertz CT molecular complexity index is 554. The first-order valence-electron chi connectivity index (χ1n) is 6.13. The fourth-order valence-corrected chi connectivity index (χ4v) is 3.46. The number of aromatic carboxylic acids is 1. The van der Waals surface area contributed by atoms with E-state index in [4.69, 9.17) is 9.84 Å². The predicted octanol–water partition coefficient (Wildman–Crippen LogP) is 0.544. The number of sulfonamides is 1. The van der Waals surface area contributed by atoms with Gasteiger partial charge in [0.1, 0.15) is 5.56 Å². The van der Waals surface area contributed by atoms with Crippen LogP contribution in [-0.4, -0.2) is 60.3 Å². The van der Waals surface area contributed by atoms with Crippen LogP contribution >= 0.6 is 0 Å². The number of H-pyrrole nitrogens is 1. The second-order valence-corrected chi connectivity index (χ2v) is 6.11. The second-order valence-electron chi connectivity index (χ2n) is 4.28. The first-order valence-corrected chi connectivity index (χ1v) is 7.57. The second kappa shape index (κ2) is 6.82. The maximum atomic E-state index is 12.6. The SMILES string of the molecule is CCC(C)N(CCOC)S(=O)(=O)c1[nH]ncc1C(=O)O. The zero-order chi connectivity index (χ0) is 15.3. The number of hydrogen-bond donors (Lipinski definition) is 2. The fraction of sp³-hybridized carbons (Fsp3) is 0.636. The van der Waals surface area contributed by atoms with Crippen LogP contribution in [0.3, 0.4) is 0 Å². The van der Waals surface area contributed by atoms with Crippen LogP contribution in [0.5, 0.6) is 0 Å². The maximum Gasteiger partial charge on any atom is 0.340 e. The molecule has 20 heavy (non-hydrogen) atoms. The van der Waals surface area contributed by atoms with E-state index in [1.54, 1.807) is 6.92 Å². The molecule has 0 aliphatic rings. The van der Waals surface area contributed by atoms with Crippen molar-refractivity contribution in [2.45, 2.75) is 31.3 Å². The lowest BCUT2D eigenvalue weighted by atomic mass is 10.3. The molecule has 1 aromatic rings. The van der Waals surface area contributed by atoms with E-state index in [1.807, 2.05) is 6.92 Å². The van der Waals surface area contributed by atoms with E-state index in [0.29, 0.717) is 6.42 Å². The number of aromatic nitrogens is 2. The van der Waals surface area contributed by atoms with Crippen molar-refractivity contribution < 1.29 is 23.1 Å². The van der Waals surface area contributed by atoms with Gasteiger partial charge in [-0.2, -0.15) is 9.40 Å². The molecule has 0 radical (unpaired) electrons. The van der Waals surface area contributed by atoms with E-state index < -0.39 is 21.0 Å². The number of carboxylic acids is 1. The molecule has 114 valence electrons. The molecule has 0 bridgehead atoms. The average molecular weight is 305 g/mol. The van der Waals surface area contributed by atoms with Crippen molar-refractivity contribution in [1.82, 2.24) is 14.5 Å². The van der Waals surface area contributed by atoms with Crippen molar-refractivity contribution in [3.63, 3.8) is 0 Å². The minimum atomic E-state index is -3.96. The van der Waals surface area contributed by atoms with E-state index in [-0.39, 0.29) is 24.8 Å². The van der Waals surface area contributed by atoms with Crippen LogP contribution in [0.25, 0.3) is 0 Å². The third-order valence-corrected chi connectivity index (χ3v) is 4.99. The molecule has 2 N–H and O–H groups in total. The zero-order valence-corrected chi connectivity index (χ0v) is 12.5. The monoisotopic (exact) mass is 305 g/mol. The topological polar surface area (TPSA) is 113 Å². The molecule has 8 nitrogen and oxygen atoms in total. The van der Waals surface area contributed by atoms with Crippen LogP contribution < -0.4 is 0 Å². The Kier molecular flexibility index (Phi) is 5.66. The molecule has 1 rings (SSSR count). The molecule has 1 unspecified atom stereocenters. The number of carboxylic acid groups (broad SMARTS) is 1. The summed E-state index contributed by atoms with van der Waals surface area (Å²) in [4.78, 5) is 11.0. The Morgan fingerprint density at radius 2 is 2.25 bits per heavy atom. The summed E-state index contributed by atoms with van der Waals surface area (Å²) >= 11 is 0. The van der Waals surface area contributed by atoms with Gasteiger partial charge in [0.25, 0.3) is 10.0 Å². The Balaban J connectivity index is 3.21. The van der Waals surface area contributed by atoms with Crippen LogP contribution in [0.2, 0.25) is 0 Å². The normalized spacial score (nSPS) is 13.6. The first kappa shape index (κ1) is 16.6. The summed E-state index contributed by atoms with van der Waals surface area (Å²) in [6.45, 7) is 3.97. The summed E-state index contributed by atoms with van der Waals surface area (Å²) < 4.78 is 31.2. The number of carbonyl (C=O) groups is 1. The molecule has 1 heterocycles. The average Bonchev–Trinajstić information content (AvgIpc) is 2.88. The molecule has 0 fully saturated rings. The van der Waals surface area contributed by atoms with Crippen molar-refractivity contribution in [3.05, 3.63) is 11.8 Å². The third-order valence-electron chi connectivity index (χ3n) is 3.00. The molecular weight excluding hydrogens is 286 g/mol.